The lowest BCUT2D eigenvalue weighted by Crippen LogP contribution is -2.70. The summed E-state index contributed by atoms with van der Waals surface area (Å²) in [6.07, 6.45) is -0.669. The third-order valence-electron chi connectivity index (χ3n) is 11.2. The topological polar surface area (TPSA) is 119 Å². The molecule has 1 aromatic heterocycles. The molecule has 4 N–H and O–H groups in total. The summed E-state index contributed by atoms with van der Waals surface area (Å²) in [6.45, 7) is 2.50. The van der Waals surface area contributed by atoms with Crippen molar-refractivity contribution in [1.82, 2.24) is 0 Å². The van der Waals surface area contributed by atoms with Gasteiger partial charge < -0.3 is 25.4 Å². The highest BCUT2D eigenvalue weighted by Crippen LogP contribution is 2.72. The Labute approximate surface area is 252 Å². The van der Waals surface area contributed by atoms with Gasteiger partial charge in [-0.25, -0.2) is 8.78 Å². The number of anilines is 1. The lowest BCUT2D eigenvalue weighted by Gasteiger charge is -2.63. The number of thiophene rings is 1. The molecule has 3 saturated carbocycles. The highest BCUT2D eigenvalue weighted by atomic mass is 32.1. The van der Waals surface area contributed by atoms with E-state index in [0.29, 0.717) is 12.1 Å². The van der Waals surface area contributed by atoms with Gasteiger partial charge in [-0.1, -0.05) is 25.1 Å². The molecule has 0 amide bonds. The number of ketones is 2. The molecule has 1 aliphatic heterocycles. The SMILES string of the molecule is C[C@]12C=CC(=O)C=C1[C@@H](F)C[C@H]1[C@@H]3C[C@H]4O[C@@H](c5ccc(Cc6cccc(N)c6)s5)O[C@@]4(C(=O)CO)[C@@]3(C)C[C@H](O)[C@@]12F. The predicted octanol–water partition coefficient (Wildman–Crippen LogP) is 4.56. The number of alkyl halides is 2. The number of fused-ring (bicyclic) bond motifs is 7. The molecule has 4 aliphatic carbocycles. The summed E-state index contributed by atoms with van der Waals surface area (Å²) in [4.78, 5) is 27.6. The van der Waals surface area contributed by atoms with Crippen LogP contribution in [0.2, 0.25) is 0 Å². The quantitative estimate of drug-likeness (QED) is 0.424. The Kier molecular flexibility index (Phi) is 6.48. The summed E-state index contributed by atoms with van der Waals surface area (Å²) in [7, 11) is 0. The first-order chi connectivity index (χ1) is 20.4. The highest BCUT2D eigenvalue weighted by molar-refractivity contribution is 7.12. The van der Waals surface area contributed by atoms with Crippen LogP contribution in [-0.2, 0) is 25.5 Å². The van der Waals surface area contributed by atoms with Gasteiger partial charge in [-0.15, -0.1) is 11.3 Å². The van der Waals surface area contributed by atoms with Crippen molar-refractivity contribution in [2.24, 2.45) is 22.7 Å². The largest absolute Gasteiger partial charge is 0.399 e. The van der Waals surface area contributed by atoms with Crippen molar-refractivity contribution in [3.05, 3.63) is 75.5 Å². The second kappa shape index (κ2) is 9.62. The molecule has 7 nitrogen and oxygen atoms in total. The fourth-order valence-electron chi connectivity index (χ4n) is 9.21. The van der Waals surface area contributed by atoms with E-state index in [4.69, 9.17) is 15.2 Å². The minimum atomic E-state index is -2.28. The Hall–Kier alpha value is -2.76. The van der Waals surface area contributed by atoms with Gasteiger partial charge in [-0.2, -0.15) is 0 Å². The van der Waals surface area contributed by atoms with Crippen LogP contribution < -0.4 is 5.73 Å². The molecule has 0 unspecified atom stereocenters. The minimum absolute atomic E-state index is 0.0417. The van der Waals surface area contributed by atoms with Crippen LogP contribution in [0.5, 0.6) is 0 Å². The molecule has 43 heavy (non-hydrogen) atoms. The van der Waals surface area contributed by atoms with E-state index in [-0.39, 0.29) is 24.8 Å². The van der Waals surface area contributed by atoms with Gasteiger partial charge in [-0.3, -0.25) is 9.59 Å². The Balaban J connectivity index is 1.23. The Bertz CT molecular complexity index is 1570. The molecule has 10 heteroatoms. The molecule has 7 rings (SSSR count). The van der Waals surface area contributed by atoms with Gasteiger partial charge in [0.2, 0.25) is 0 Å². The summed E-state index contributed by atoms with van der Waals surface area (Å²) < 4.78 is 46.3. The van der Waals surface area contributed by atoms with Crippen LogP contribution in [0.4, 0.5) is 14.5 Å². The summed E-state index contributed by atoms with van der Waals surface area (Å²) in [6, 6.07) is 11.5. The zero-order valence-corrected chi connectivity index (χ0v) is 24.8. The highest BCUT2D eigenvalue weighted by Gasteiger charge is 2.80. The third-order valence-corrected chi connectivity index (χ3v) is 12.3. The molecule has 0 spiro atoms. The van der Waals surface area contributed by atoms with E-state index < -0.39 is 76.8 Å². The average molecular weight is 612 g/mol. The number of nitrogens with two attached hydrogens (primary N) is 1. The number of aliphatic hydroxyl groups excluding tert-OH is 2. The lowest BCUT2D eigenvalue weighted by molar-refractivity contribution is -0.234. The van der Waals surface area contributed by atoms with E-state index in [1.165, 1.54) is 30.4 Å². The Morgan fingerprint density at radius 1 is 1.19 bits per heavy atom. The van der Waals surface area contributed by atoms with E-state index in [1.807, 2.05) is 36.4 Å². The summed E-state index contributed by atoms with van der Waals surface area (Å²) in [5.41, 5.74) is 1.08. The van der Waals surface area contributed by atoms with Crippen molar-refractivity contribution in [2.45, 2.75) is 75.5 Å². The second-order valence-electron chi connectivity index (χ2n) is 13.2. The number of aliphatic hydroxyl groups is 2. The summed E-state index contributed by atoms with van der Waals surface area (Å²) >= 11 is 1.48. The number of Topliss-reactive ketones (excluding diaryl/α,β-unsaturated/α-hetero) is 1. The predicted molar refractivity (Wildman–Crippen MR) is 156 cm³/mol. The van der Waals surface area contributed by atoms with E-state index in [1.54, 1.807) is 6.92 Å². The van der Waals surface area contributed by atoms with Crippen LogP contribution in [-0.4, -0.2) is 58.0 Å². The van der Waals surface area contributed by atoms with Gasteiger partial charge in [0.05, 0.1) is 17.1 Å². The van der Waals surface area contributed by atoms with Crippen molar-refractivity contribution in [3.63, 3.8) is 0 Å². The normalized spacial score (nSPS) is 43.0. The first-order valence-electron chi connectivity index (χ1n) is 14.7. The van der Waals surface area contributed by atoms with Gasteiger partial charge in [0.15, 0.2) is 29.1 Å². The van der Waals surface area contributed by atoms with Gasteiger partial charge in [0, 0.05) is 33.7 Å². The van der Waals surface area contributed by atoms with Crippen molar-refractivity contribution >= 4 is 28.6 Å². The van der Waals surface area contributed by atoms with Crippen molar-refractivity contribution < 1.29 is 38.1 Å². The van der Waals surface area contributed by atoms with Gasteiger partial charge in [0.1, 0.15) is 12.8 Å². The maximum Gasteiger partial charge on any atom is 0.194 e. The fraction of sp³-hybridized carbons (Fsp3) is 0.515. The van der Waals surface area contributed by atoms with Gasteiger partial charge in [-0.05, 0) is 79.7 Å². The molecular weight excluding hydrogens is 576 g/mol. The lowest BCUT2D eigenvalue weighted by atomic mass is 9.44. The van der Waals surface area contributed by atoms with Crippen molar-refractivity contribution in [2.75, 3.05) is 12.3 Å². The molecule has 5 aliphatic rings. The number of rotatable bonds is 5. The van der Waals surface area contributed by atoms with E-state index in [0.717, 1.165) is 21.4 Å². The Morgan fingerprint density at radius 2 is 1.98 bits per heavy atom. The fourth-order valence-corrected chi connectivity index (χ4v) is 10.2. The van der Waals surface area contributed by atoms with Crippen molar-refractivity contribution in [3.8, 4) is 0 Å². The van der Waals surface area contributed by atoms with Crippen LogP contribution in [0.3, 0.4) is 0 Å². The zero-order chi connectivity index (χ0) is 30.5. The Morgan fingerprint density at radius 3 is 2.72 bits per heavy atom. The molecule has 2 aromatic rings. The van der Waals surface area contributed by atoms with E-state index >= 15 is 8.78 Å². The molecule has 4 fully saturated rings. The first-order valence-corrected chi connectivity index (χ1v) is 15.6. The van der Waals surface area contributed by atoms with E-state index in [2.05, 4.69) is 0 Å². The number of nitrogen functional groups attached to an aromatic ring is 1. The number of benzene rings is 1. The molecule has 0 bridgehead atoms. The third kappa shape index (κ3) is 3.76. The monoisotopic (exact) mass is 611 g/mol. The number of halogens is 2. The smallest absolute Gasteiger partial charge is 0.194 e. The summed E-state index contributed by atoms with van der Waals surface area (Å²) in [5, 5.41) is 21.8. The first kappa shape index (κ1) is 29.0. The second-order valence-corrected chi connectivity index (χ2v) is 14.4. The van der Waals surface area contributed by atoms with Crippen LogP contribution in [0.1, 0.15) is 54.7 Å². The molecule has 1 aromatic carbocycles. The number of ether oxygens (including phenoxy) is 2. The van der Waals surface area contributed by atoms with E-state index in [9.17, 15) is 19.8 Å². The standard InChI is InChI=1S/C33H35F2NO6S/c1-30-9-8-19(38)12-23(30)24(34)13-22-21-14-28-33(27(40)16-37,31(21,2)15-26(39)32(22,30)35)42-29(41-28)25-7-6-20(43-25)11-17-4-3-5-18(36)10-17/h3-10,12,21-22,24,26,28-29,37,39H,11,13-16,36H2,1-2H3/t21-,22-,24-,26-,28+,29+,30-,31-,32-,33+/m0/s1. The van der Waals surface area contributed by atoms with Crippen LogP contribution in [0.25, 0.3) is 0 Å². The molecular formula is C33H35F2NO6S. The number of hydrogen-bond acceptors (Lipinski definition) is 8. The maximum absolute atomic E-state index is 17.5. The number of carbonyl (C=O) groups is 2. The minimum Gasteiger partial charge on any atom is -0.399 e. The average Bonchev–Trinajstić information content (AvgIpc) is 3.64. The zero-order valence-electron chi connectivity index (χ0n) is 24.0. The van der Waals surface area contributed by atoms with Gasteiger partial charge in [0.25, 0.3) is 0 Å². The van der Waals surface area contributed by atoms with Gasteiger partial charge >= 0.3 is 0 Å². The van der Waals surface area contributed by atoms with Crippen LogP contribution in [0, 0.1) is 22.7 Å². The summed E-state index contributed by atoms with van der Waals surface area (Å²) in [5.74, 6) is -2.58. The molecule has 10 atom stereocenters. The number of hydrogen-bond donors (Lipinski definition) is 3. The number of carbonyl (C=O) groups excluding carboxylic acids is 2. The molecule has 228 valence electrons. The van der Waals surface area contributed by atoms with Crippen LogP contribution >= 0.6 is 11.3 Å². The number of allylic oxidation sites excluding steroid dienone is 4. The van der Waals surface area contributed by atoms with Crippen molar-refractivity contribution in [1.29, 1.82) is 0 Å². The molecule has 2 heterocycles. The molecule has 1 saturated heterocycles. The maximum atomic E-state index is 17.5. The molecule has 0 radical (unpaired) electrons. The van der Waals surface area contributed by atoms with Crippen LogP contribution in [0.15, 0.2) is 60.2 Å².